The van der Waals surface area contributed by atoms with Crippen molar-refractivity contribution in [2.24, 2.45) is 0 Å². The predicted molar refractivity (Wildman–Crippen MR) is 147 cm³/mol. The molecule has 3 aromatic carbocycles. The average Bonchev–Trinajstić information content (AvgIpc) is 3.26. The summed E-state index contributed by atoms with van der Waals surface area (Å²) < 4.78 is 42.0. The summed E-state index contributed by atoms with van der Waals surface area (Å²) in [5, 5.41) is 0.0659. The molecule has 206 valence electrons. The fourth-order valence-corrected chi connectivity index (χ4v) is 4.98. The van der Waals surface area contributed by atoms with E-state index in [4.69, 9.17) is 23.4 Å². The first-order valence-electron chi connectivity index (χ1n) is 12.6. The number of rotatable bonds is 10. The van der Waals surface area contributed by atoms with Crippen LogP contribution in [0.2, 0.25) is 0 Å². The lowest BCUT2D eigenvalue weighted by Gasteiger charge is -2.26. The molecule has 0 saturated carbocycles. The van der Waals surface area contributed by atoms with Crippen LogP contribution in [0.1, 0.15) is 33.3 Å². The molecule has 0 bridgehead atoms. The molecular formula is C31H28FNO7. The van der Waals surface area contributed by atoms with Gasteiger partial charge in [-0.2, -0.15) is 0 Å². The van der Waals surface area contributed by atoms with Crippen molar-refractivity contribution in [3.8, 4) is 23.0 Å². The van der Waals surface area contributed by atoms with E-state index in [1.54, 1.807) is 49.5 Å². The van der Waals surface area contributed by atoms with E-state index in [-0.39, 0.29) is 35.4 Å². The highest BCUT2D eigenvalue weighted by Crippen LogP contribution is 2.41. The molecule has 8 nitrogen and oxygen atoms in total. The number of ether oxygens (including phenoxy) is 4. The molecule has 0 spiro atoms. The molecule has 4 aromatic rings. The molecule has 1 unspecified atom stereocenters. The van der Waals surface area contributed by atoms with Crippen LogP contribution in [-0.2, 0) is 6.42 Å². The lowest BCUT2D eigenvalue weighted by Crippen LogP contribution is -2.31. The minimum Gasteiger partial charge on any atom is -0.493 e. The molecule has 0 fully saturated rings. The molecule has 0 radical (unpaired) electrons. The number of halogens is 1. The lowest BCUT2D eigenvalue weighted by molar-refractivity contribution is 0.0730. The smallest absolute Gasteiger partial charge is 0.290 e. The Hall–Kier alpha value is -4.79. The summed E-state index contributed by atoms with van der Waals surface area (Å²) in [6, 6.07) is 13.6. The summed E-state index contributed by atoms with van der Waals surface area (Å²) in [5.74, 6) is 1.00. The summed E-state index contributed by atoms with van der Waals surface area (Å²) in [5.41, 5.74) is 1.35. The highest BCUT2D eigenvalue weighted by molar-refractivity contribution is 5.99. The number of carbonyl (C=O) groups is 1. The third-order valence-electron chi connectivity index (χ3n) is 6.88. The average molecular weight is 546 g/mol. The number of fused-ring (bicyclic) bond motifs is 2. The maximum Gasteiger partial charge on any atom is 0.290 e. The monoisotopic (exact) mass is 545 g/mol. The van der Waals surface area contributed by atoms with Crippen LogP contribution in [-0.4, -0.2) is 45.3 Å². The van der Waals surface area contributed by atoms with Crippen molar-refractivity contribution in [3.63, 3.8) is 0 Å². The van der Waals surface area contributed by atoms with Gasteiger partial charge in [0.05, 0.1) is 38.3 Å². The summed E-state index contributed by atoms with van der Waals surface area (Å²) in [6.45, 7) is 4.20. The van der Waals surface area contributed by atoms with Gasteiger partial charge in [-0.1, -0.05) is 24.8 Å². The van der Waals surface area contributed by atoms with Crippen LogP contribution in [0.3, 0.4) is 0 Å². The van der Waals surface area contributed by atoms with E-state index < -0.39 is 23.2 Å². The minimum atomic E-state index is -0.797. The van der Waals surface area contributed by atoms with Crippen LogP contribution < -0.4 is 24.4 Å². The van der Waals surface area contributed by atoms with Crippen LogP contribution >= 0.6 is 0 Å². The van der Waals surface area contributed by atoms with Crippen LogP contribution in [0.15, 0.2) is 76.5 Å². The van der Waals surface area contributed by atoms with E-state index in [9.17, 15) is 14.0 Å². The molecule has 1 atom stereocenters. The van der Waals surface area contributed by atoms with Gasteiger partial charge < -0.3 is 28.3 Å². The van der Waals surface area contributed by atoms with E-state index in [0.717, 1.165) is 11.6 Å². The molecule has 0 N–H and O–H groups in total. The van der Waals surface area contributed by atoms with Crippen molar-refractivity contribution < 1.29 is 32.5 Å². The fourth-order valence-electron chi connectivity index (χ4n) is 4.98. The topological polar surface area (TPSA) is 87.4 Å². The second-order valence-electron chi connectivity index (χ2n) is 9.16. The van der Waals surface area contributed by atoms with Gasteiger partial charge in [0.25, 0.3) is 5.91 Å². The van der Waals surface area contributed by atoms with Crippen molar-refractivity contribution in [2.45, 2.75) is 12.5 Å². The summed E-state index contributed by atoms with van der Waals surface area (Å²) in [7, 11) is 4.62. The molecule has 9 heteroatoms. The van der Waals surface area contributed by atoms with Gasteiger partial charge in [0.15, 0.2) is 28.4 Å². The van der Waals surface area contributed by atoms with Gasteiger partial charge in [0.1, 0.15) is 18.0 Å². The Bertz CT molecular complexity index is 1660. The van der Waals surface area contributed by atoms with Gasteiger partial charge in [-0.15, -0.1) is 0 Å². The number of methoxy groups -OCH3 is 3. The molecule has 1 aromatic heterocycles. The zero-order valence-corrected chi connectivity index (χ0v) is 22.4. The Balaban J connectivity index is 1.61. The van der Waals surface area contributed by atoms with Gasteiger partial charge in [0, 0.05) is 6.54 Å². The number of carbonyl (C=O) groups excluding carboxylic acids is 1. The van der Waals surface area contributed by atoms with Crippen molar-refractivity contribution >= 4 is 16.9 Å². The number of hydrogen-bond acceptors (Lipinski definition) is 7. The molecule has 0 saturated heterocycles. The van der Waals surface area contributed by atoms with Crippen molar-refractivity contribution in [1.82, 2.24) is 4.90 Å². The van der Waals surface area contributed by atoms with E-state index in [1.165, 1.54) is 19.2 Å². The summed E-state index contributed by atoms with van der Waals surface area (Å²) >= 11 is 0. The Labute approximate surface area is 230 Å². The normalized spacial score (nSPS) is 14.2. The standard InChI is InChI=1S/C31H28FNO7/c1-5-14-39-24-10-7-19(16-26(24)38-4)28-27-29(34)21-17-20(32)8-11-22(21)40-30(27)31(35)33(28)13-12-18-6-9-23(36-2)25(15-18)37-3/h5-11,15-17,28H,1,12-14H2,2-4H3. The first-order valence-corrected chi connectivity index (χ1v) is 12.6. The maximum absolute atomic E-state index is 14.1. The zero-order chi connectivity index (χ0) is 28.4. The summed E-state index contributed by atoms with van der Waals surface area (Å²) in [4.78, 5) is 29.1. The minimum absolute atomic E-state index is 0.0626. The number of benzene rings is 3. The van der Waals surface area contributed by atoms with Crippen LogP contribution in [0.25, 0.3) is 11.0 Å². The van der Waals surface area contributed by atoms with Gasteiger partial charge in [-0.3, -0.25) is 9.59 Å². The van der Waals surface area contributed by atoms with Crippen LogP contribution in [0.5, 0.6) is 23.0 Å². The van der Waals surface area contributed by atoms with E-state index in [0.29, 0.717) is 35.0 Å². The Morgan fingerprint density at radius 1 is 0.925 bits per heavy atom. The van der Waals surface area contributed by atoms with E-state index >= 15 is 0 Å². The van der Waals surface area contributed by atoms with E-state index in [2.05, 4.69) is 6.58 Å². The molecule has 1 aliphatic heterocycles. The quantitative estimate of drug-likeness (QED) is 0.250. The van der Waals surface area contributed by atoms with Crippen LogP contribution in [0, 0.1) is 5.82 Å². The van der Waals surface area contributed by atoms with Gasteiger partial charge in [0.2, 0.25) is 5.76 Å². The Kier molecular flexibility index (Phi) is 7.46. The second-order valence-corrected chi connectivity index (χ2v) is 9.16. The zero-order valence-electron chi connectivity index (χ0n) is 22.4. The Morgan fingerprint density at radius 2 is 1.65 bits per heavy atom. The van der Waals surface area contributed by atoms with Crippen molar-refractivity contribution in [1.29, 1.82) is 0 Å². The highest BCUT2D eigenvalue weighted by Gasteiger charge is 2.42. The molecule has 5 rings (SSSR count). The largest absolute Gasteiger partial charge is 0.493 e. The molecule has 40 heavy (non-hydrogen) atoms. The van der Waals surface area contributed by atoms with Gasteiger partial charge >= 0.3 is 0 Å². The highest BCUT2D eigenvalue weighted by atomic mass is 19.1. The van der Waals surface area contributed by atoms with E-state index in [1.807, 2.05) is 12.1 Å². The molecule has 1 aliphatic rings. The maximum atomic E-state index is 14.1. The fraction of sp³-hybridized carbons (Fsp3) is 0.226. The first-order chi connectivity index (χ1) is 19.4. The Morgan fingerprint density at radius 3 is 2.38 bits per heavy atom. The predicted octanol–water partition coefficient (Wildman–Crippen LogP) is 5.31. The third-order valence-corrected chi connectivity index (χ3v) is 6.88. The van der Waals surface area contributed by atoms with Crippen LogP contribution in [0.4, 0.5) is 4.39 Å². The number of nitrogens with zero attached hydrogens (tertiary/aromatic N) is 1. The number of hydrogen-bond donors (Lipinski definition) is 0. The molecule has 2 heterocycles. The molecule has 0 aliphatic carbocycles. The van der Waals surface area contributed by atoms with Crippen molar-refractivity contribution in [2.75, 3.05) is 34.5 Å². The van der Waals surface area contributed by atoms with Gasteiger partial charge in [-0.25, -0.2) is 4.39 Å². The lowest BCUT2D eigenvalue weighted by atomic mass is 9.97. The third kappa shape index (κ3) is 4.75. The van der Waals surface area contributed by atoms with Gasteiger partial charge in [-0.05, 0) is 60.0 Å². The van der Waals surface area contributed by atoms with Crippen molar-refractivity contribution in [3.05, 3.63) is 106 Å². The first kappa shape index (κ1) is 26.8. The summed E-state index contributed by atoms with van der Waals surface area (Å²) in [6.07, 6.45) is 2.07. The molecule has 1 amide bonds. The number of amides is 1. The molecular weight excluding hydrogens is 517 g/mol. The SMILES string of the molecule is C=CCOc1ccc(C2c3c(oc4ccc(F)cc4c3=O)C(=O)N2CCc2ccc(OC)c(OC)c2)cc1OC. The second kappa shape index (κ2) is 11.1.